The molecule has 0 fully saturated rings. The zero-order valence-electron chi connectivity index (χ0n) is 11.6. The minimum atomic E-state index is -2.85. The first-order valence-electron chi connectivity index (χ1n) is 6.23. The molecule has 1 heterocycles. The number of rotatable bonds is 5. The second-order valence-electron chi connectivity index (χ2n) is 4.41. The highest BCUT2D eigenvalue weighted by atomic mass is 19.3. The number of aromatic nitrogens is 2. The molecule has 1 aromatic heterocycles. The van der Waals surface area contributed by atoms with Gasteiger partial charge in [-0.3, -0.25) is 9.48 Å². The smallest absolute Gasteiger partial charge is 0.387 e. The summed E-state index contributed by atoms with van der Waals surface area (Å²) in [6, 6.07) is 6.03. The largest absolute Gasteiger partial charge is 0.435 e. The van der Waals surface area contributed by atoms with Gasteiger partial charge in [0.1, 0.15) is 5.75 Å². The van der Waals surface area contributed by atoms with E-state index in [1.54, 1.807) is 29.9 Å². The lowest BCUT2D eigenvalue weighted by Crippen LogP contribution is -2.01. The van der Waals surface area contributed by atoms with Gasteiger partial charge < -0.3 is 4.74 Å². The molecule has 4 nitrogen and oxygen atoms in total. The summed E-state index contributed by atoms with van der Waals surface area (Å²) in [4.78, 5) is 12.0. The highest BCUT2D eigenvalue weighted by Gasteiger charge is 2.09. The third kappa shape index (κ3) is 3.75. The Morgan fingerprint density at radius 2 is 2.00 bits per heavy atom. The summed E-state index contributed by atoms with van der Waals surface area (Å²) in [5.74, 6) is -0.0786. The fourth-order valence-corrected chi connectivity index (χ4v) is 1.76. The van der Waals surface area contributed by atoms with Gasteiger partial charge in [0.15, 0.2) is 5.78 Å². The number of alkyl halides is 2. The van der Waals surface area contributed by atoms with Crippen LogP contribution >= 0.6 is 0 Å². The molecular formula is C15H14F2N2O2. The van der Waals surface area contributed by atoms with Crippen molar-refractivity contribution in [3.8, 4) is 5.75 Å². The van der Waals surface area contributed by atoms with Gasteiger partial charge in [-0.25, -0.2) is 0 Å². The summed E-state index contributed by atoms with van der Waals surface area (Å²) in [6.07, 6.45) is 4.55. The molecule has 0 aliphatic heterocycles. The summed E-state index contributed by atoms with van der Waals surface area (Å²) in [7, 11) is 1.76. The van der Waals surface area contributed by atoms with Crippen LogP contribution in [0.25, 0.3) is 6.08 Å². The molecule has 0 aliphatic carbocycles. The predicted molar refractivity (Wildman–Crippen MR) is 74.4 cm³/mol. The molecule has 2 rings (SSSR count). The normalized spacial score (nSPS) is 11.3. The lowest BCUT2D eigenvalue weighted by atomic mass is 10.1. The fraction of sp³-hybridized carbons (Fsp3) is 0.200. The van der Waals surface area contributed by atoms with E-state index in [0.717, 1.165) is 5.69 Å². The molecule has 0 amide bonds. The van der Waals surface area contributed by atoms with Crippen molar-refractivity contribution in [3.63, 3.8) is 0 Å². The second kappa shape index (κ2) is 6.30. The summed E-state index contributed by atoms with van der Waals surface area (Å²) < 4.78 is 29.9. The third-order valence-corrected chi connectivity index (χ3v) is 3.03. The Balaban J connectivity index is 2.07. The average Bonchev–Trinajstić information content (AvgIpc) is 2.77. The van der Waals surface area contributed by atoms with Crippen LogP contribution < -0.4 is 4.74 Å². The minimum absolute atomic E-state index is 0.0802. The van der Waals surface area contributed by atoms with E-state index in [-0.39, 0.29) is 11.5 Å². The van der Waals surface area contributed by atoms with Crippen molar-refractivity contribution < 1.29 is 18.3 Å². The number of carbonyl (C=O) groups is 1. The van der Waals surface area contributed by atoms with Gasteiger partial charge in [0.05, 0.1) is 11.8 Å². The van der Waals surface area contributed by atoms with Gasteiger partial charge >= 0.3 is 6.61 Å². The van der Waals surface area contributed by atoms with Crippen LogP contribution in [0.4, 0.5) is 8.78 Å². The fourth-order valence-electron chi connectivity index (χ4n) is 1.76. The zero-order valence-corrected chi connectivity index (χ0v) is 11.6. The molecule has 1 aromatic carbocycles. The molecule has 21 heavy (non-hydrogen) atoms. The Bertz CT molecular complexity index is 661. The molecule has 0 radical (unpaired) electrons. The minimum Gasteiger partial charge on any atom is -0.435 e. The SMILES string of the molecule is Cc1c(C(=O)C=Cc2ccc(OC(F)F)cc2)cnn1C. The lowest BCUT2D eigenvalue weighted by molar-refractivity contribution is -0.0498. The van der Waals surface area contributed by atoms with Crippen LogP contribution in [0.1, 0.15) is 21.6 Å². The second-order valence-corrected chi connectivity index (χ2v) is 4.41. The molecule has 6 heteroatoms. The van der Waals surface area contributed by atoms with Gasteiger partial charge in [-0.1, -0.05) is 18.2 Å². The highest BCUT2D eigenvalue weighted by molar-refractivity contribution is 6.07. The van der Waals surface area contributed by atoms with Crippen molar-refractivity contribution in [3.05, 3.63) is 53.4 Å². The molecular weight excluding hydrogens is 278 g/mol. The van der Waals surface area contributed by atoms with E-state index in [2.05, 4.69) is 9.84 Å². The molecule has 0 saturated carbocycles. The molecule has 0 bridgehead atoms. The van der Waals surface area contributed by atoms with Crippen LogP contribution in [-0.4, -0.2) is 22.2 Å². The average molecular weight is 292 g/mol. The van der Waals surface area contributed by atoms with E-state index in [4.69, 9.17) is 0 Å². The van der Waals surface area contributed by atoms with Crippen molar-refractivity contribution in [1.29, 1.82) is 0 Å². The van der Waals surface area contributed by atoms with E-state index >= 15 is 0 Å². The standard InChI is InChI=1S/C15H14F2N2O2/c1-10-13(9-18-19(10)2)14(20)8-5-11-3-6-12(7-4-11)21-15(16)17/h3-9,15H,1-2H3. The Kier molecular flexibility index (Phi) is 4.47. The quantitative estimate of drug-likeness (QED) is 0.628. The number of halogens is 2. The number of benzene rings is 1. The van der Waals surface area contributed by atoms with E-state index in [1.807, 2.05) is 6.92 Å². The molecule has 110 valence electrons. The Labute approximate surface area is 120 Å². The number of hydrogen-bond acceptors (Lipinski definition) is 3. The number of ether oxygens (including phenoxy) is 1. The van der Waals surface area contributed by atoms with Crippen LogP contribution in [0.15, 0.2) is 36.5 Å². The Morgan fingerprint density at radius 3 is 2.52 bits per heavy atom. The number of hydrogen-bond donors (Lipinski definition) is 0. The monoisotopic (exact) mass is 292 g/mol. The third-order valence-electron chi connectivity index (χ3n) is 3.03. The molecule has 0 atom stereocenters. The molecule has 0 aliphatic rings. The van der Waals surface area contributed by atoms with Crippen molar-refractivity contribution in [2.24, 2.45) is 7.05 Å². The van der Waals surface area contributed by atoms with Gasteiger partial charge in [0.25, 0.3) is 0 Å². The van der Waals surface area contributed by atoms with E-state index in [0.29, 0.717) is 11.1 Å². The first kappa shape index (κ1) is 14.9. The topological polar surface area (TPSA) is 44.1 Å². The van der Waals surface area contributed by atoms with Crippen LogP contribution in [0.2, 0.25) is 0 Å². The number of allylic oxidation sites excluding steroid dienone is 1. The Hall–Kier alpha value is -2.50. The predicted octanol–water partition coefficient (Wildman–Crippen LogP) is 3.23. The van der Waals surface area contributed by atoms with E-state index in [1.165, 1.54) is 24.4 Å². The van der Waals surface area contributed by atoms with Crippen molar-refractivity contribution in [2.45, 2.75) is 13.5 Å². The Morgan fingerprint density at radius 1 is 1.33 bits per heavy atom. The zero-order chi connectivity index (χ0) is 15.4. The highest BCUT2D eigenvalue weighted by Crippen LogP contribution is 2.16. The molecule has 0 spiro atoms. The number of ketones is 1. The van der Waals surface area contributed by atoms with Gasteiger partial charge in [0, 0.05) is 12.7 Å². The van der Waals surface area contributed by atoms with E-state index in [9.17, 15) is 13.6 Å². The van der Waals surface area contributed by atoms with Gasteiger partial charge in [-0.2, -0.15) is 13.9 Å². The molecule has 2 aromatic rings. The number of carbonyl (C=O) groups excluding carboxylic acids is 1. The van der Waals surface area contributed by atoms with Crippen LogP contribution in [0.3, 0.4) is 0 Å². The summed E-state index contributed by atoms with van der Waals surface area (Å²) >= 11 is 0. The van der Waals surface area contributed by atoms with Crippen molar-refractivity contribution in [2.75, 3.05) is 0 Å². The van der Waals surface area contributed by atoms with Gasteiger partial charge in [0.2, 0.25) is 0 Å². The van der Waals surface area contributed by atoms with Crippen LogP contribution in [-0.2, 0) is 7.05 Å². The summed E-state index contributed by atoms with van der Waals surface area (Å²) in [5.41, 5.74) is 2.03. The molecule has 0 unspecified atom stereocenters. The maximum absolute atomic E-state index is 12.0. The van der Waals surface area contributed by atoms with Crippen molar-refractivity contribution >= 4 is 11.9 Å². The summed E-state index contributed by atoms with van der Waals surface area (Å²) in [6.45, 7) is -1.04. The summed E-state index contributed by atoms with van der Waals surface area (Å²) in [5, 5.41) is 4.01. The first-order valence-corrected chi connectivity index (χ1v) is 6.23. The maximum Gasteiger partial charge on any atom is 0.387 e. The van der Waals surface area contributed by atoms with Gasteiger partial charge in [-0.15, -0.1) is 0 Å². The number of nitrogens with zero attached hydrogens (tertiary/aromatic N) is 2. The first-order chi connectivity index (χ1) is 9.97. The van der Waals surface area contributed by atoms with E-state index < -0.39 is 6.61 Å². The molecule has 0 saturated heterocycles. The maximum atomic E-state index is 12.0. The lowest BCUT2D eigenvalue weighted by Gasteiger charge is -2.03. The van der Waals surface area contributed by atoms with Gasteiger partial charge in [-0.05, 0) is 30.7 Å². The van der Waals surface area contributed by atoms with Crippen LogP contribution in [0.5, 0.6) is 5.75 Å². The van der Waals surface area contributed by atoms with Crippen molar-refractivity contribution in [1.82, 2.24) is 9.78 Å². The number of aryl methyl sites for hydroxylation is 1. The van der Waals surface area contributed by atoms with Crippen LogP contribution in [0, 0.1) is 6.92 Å². The molecule has 0 N–H and O–H groups in total.